The summed E-state index contributed by atoms with van der Waals surface area (Å²) >= 11 is 2.05. The van der Waals surface area contributed by atoms with Gasteiger partial charge in [0.2, 0.25) is 0 Å². The van der Waals surface area contributed by atoms with Gasteiger partial charge in [0.05, 0.1) is 0 Å². The van der Waals surface area contributed by atoms with Crippen LogP contribution in [0.1, 0.15) is 6.42 Å². The van der Waals surface area contributed by atoms with Crippen LogP contribution < -0.4 is 10.6 Å². The summed E-state index contributed by atoms with van der Waals surface area (Å²) < 4.78 is 0. The first-order chi connectivity index (χ1) is 7.36. The molecule has 2 amide bonds. The summed E-state index contributed by atoms with van der Waals surface area (Å²) in [5.41, 5.74) is 0. The van der Waals surface area contributed by atoms with Gasteiger partial charge >= 0.3 is 6.03 Å². The number of thioether (sulfide) groups is 1. The Bertz CT molecular complexity index is 219. The molecule has 0 radical (unpaired) electrons. The Kier molecular flexibility index (Phi) is 4.14. The van der Waals surface area contributed by atoms with Gasteiger partial charge in [0.25, 0.3) is 0 Å². The fraction of sp³-hybridized carbons (Fsp3) is 0.900. The number of urea groups is 1. The molecule has 15 heavy (non-hydrogen) atoms. The Morgan fingerprint density at radius 3 is 3.20 bits per heavy atom. The molecular weight excluding hydrogens is 210 g/mol. The summed E-state index contributed by atoms with van der Waals surface area (Å²) in [6.07, 6.45) is 1.35. The predicted molar refractivity (Wildman–Crippen MR) is 63.3 cm³/mol. The van der Waals surface area contributed by atoms with Gasteiger partial charge in [0.15, 0.2) is 0 Å². The van der Waals surface area contributed by atoms with E-state index in [-0.39, 0.29) is 6.03 Å². The van der Waals surface area contributed by atoms with Gasteiger partial charge in [-0.3, -0.25) is 0 Å². The molecule has 86 valence electrons. The summed E-state index contributed by atoms with van der Waals surface area (Å²) in [5, 5.41) is 6.25. The van der Waals surface area contributed by atoms with E-state index in [0.29, 0.717) is 0 Å². The topological polar surface area (TPSA) is 44.4 Å². The molecule has 0 aromatic carbocycles. The smallest absolute Gasteiger partial charge is 0.317 e. The van der Waals surface area contributed by atoms with Crippen LogP contribution >= 0.6 is 11.8 Å². The van der Waals surface area contributed by atoms with Gasteiger partial charge in [-0.05, 0) is 30.4 Å². The van der Waals surface area contributed by atoms with Crippen LogP contribution in [0.4, 0.5) is 4.79 Å². The number of amides is 2. The number of nitrogens with zero attached hydrogens (tertiary/aromatic N) is 1. The zero-order valence-corrected chi connectivity index (χ0v) is 9.81. The number of carbonyl (C=O) groups excluding carboxylic acids is 1. The van der Waals surface area contributed by atoms with E-state index in [1.54, 1.807) is 0 Å². The molecule has 2 aliphatic rings. The molecule has 2 saturated heterocycles. The molecule has 5 heteroatoms. The van der Waals surface area contributed by atoms with E-state index < -0.39 is 0 Å². The largest absolute Gasteiger partial charge is 0.336 e. The number of carbonyl (C=O) groups is 1. The Hall–Kier alpha value is -0.420. The van der Waals surface area contributed by atoms with Gasteiger partial charge in [-0.1, -0.05) is 0 Å². The quantitative estimate of drug-likeness (QED) is 0.669. The highest BCUT2D eigenvalue weighted by Crippen LogP contribution is 2.22. The molecule has 0 spiro atoms. The molecule has 2 fully saturated rings. The molecule has 0 bridgehead atoms. The standard InChI is InChI=1S/C10H19N3OS/c14-10-12-3-5-13(10)4-2-11-7-9-1-6-15-8-9/h9,11H,1-8H2,(H,12,14). The lowest BCUT2D eigenvalue weighted by atomic mass is 10.1. The maximum atomic E-state index is 11.2. The lowest BCUT2D eigenvalue weighted by Crippen LogP contribution is -2.36. The lowest BCUT2D eigenvalue weighted by Gasteiger charge is -2.15. The third kappa shape index (κ3) is 3.28. The van der Waals surface area contributed by atoms with Crippen LogP contribution in [0.15, 0.2) is 0 Å². The number of nitrogens with one attached hydrogen (secondary N) is 2. The second kappa shape index (κ2) is 5.61. The maximum Gasteiger partial charge on any atom is 0.317 e. The summed E-state index contributed by atoms with van der Waals surface area (Å²) in [6.45, 7) is 4.54. The zero-order valence-electron chi connectivity index (χ0n) is 9.00. The van der Waals surface area contributed by atoms with E-state index in [2.05, 4.69) is 22.4 Å². The van der Waals surface area contributed by atoms with Crippen LogP contribution in [0.5, 0.6) is 0 Å². The highest BCUT2D eigenvalue weighted by atomic mass is 32.2. The monoisotopic (exact) mass is 229 g/mol. The first kappa shape index (κ1) is 11.1. The lowest BCUT2D eigenvalue weighted by molar-refractivity contribution is 0.217. The van der Waals surface area contributed by atoms with Crippen LogP contribution in [-0.2, 0) is 0 Å². The average molecular weight is 229 g/mol. The van der Waals surface area contributed by atoms with Crippen LogP contribution in [0.25, 0.3) is 0 Å². The van der Waals surface area contributed by atoms with Crippen molar-refractivity contribution in [3.05, 3.63) is 0 Å². The van der Waals surface area contributed by atoms with E-state index in [1.807, 2.05) is 4.90 Å². The minimum Gasteiger partial charge on any atom is -0.336 e. The molecule has 0 aliphatic carbocycles. The van der Waals surface area contributed by atoms with Crippen molar-refractivity contribution < 1.29 is 4.79 Å². The molecule has 1 atom stereocenters. The summed E-state index contributed by atoms with van der Waals surface area (Å²) in [4.78, 5) is 13.1. The van der Waals surface area contributed by atoms with E-state index in [9.17, 15) is 4.79 Å². The van der Waals surface area contributed by atoms with E-state index in [1.165, 1.54) is 17.9 Å². The average Bonchev–Trinajstić information content (AvgIpc) is 2.85. The maximum absolute atomic E-state index is 11.2. The van der Waals surface area contributed by atoms with E-state index >= 15 is 0 Å². The molecule has 1 unspecified atom stereocenters. The molecule has 0 aromatic heterocycles. The summed E-state index contributed by atoms with van der Waals surface area (Å²) in [6, 6.07) is 0.0909. The molecule has 0 saturated carbocycles. The molecule has 2 rings (SSSR count). The Balaban J connectivity index is 1.52. The van der Waals surface area contributed by atoms with Crippen molar-refractivity contribution in [1.29, 1.82) is 0 Å². The van der Waals surface area contributed by atoms with Crippen molar-refractivity contribution in [2.45, 2.75) is 6.42 Å². The molecule has 2 heterocycles. The van der Waals surface area contributed by atoms with Gasteiger partial charge in [0, 0.05) is 26.2 Å². The number of hydrogen-bond acceptors (Lipinski definition) is 3. The van der Waals surface area contributed by atoms with Gasteiger partial charge < -0.3 is 15.5 Å². The van der Waals surface area contributed by atoms with Gasteiger partial charge in [-0.15, -0.1) is 0 Å². The van der Waals surface area contributed by atoms with E-state index in [0.717, 1.165) is 38.6 Å². The Morgan fingerprint density at radius 2 is 2.53 bits per heavy atom. The fourth-order valence-electron chi connectivity index (χ4n) is 1.99. The van der Waals surface area contributed by atoms with Crippen molar-refractivity contribution in [2.24, 2.45) is 5.92 Å². The molecule has 0 aromatic rings. The van der Waals surface area contributed by atoms with Crippen LogP contribution in [0.2, 0.25) is 0 Å². The summed E-state index contributed by atoms with van der Waals surface area (Å²) in [5.74, 6) is 3.47. The van der Waals surface area contributed by atoms with Crippen molar-refractivity contribution >= 4 is 17.8 Å². The van der Waals surface area contributed by atoms with Crippen molar-refractivity contribution in [2.75, 3.05) is 44.2 Å². The minimum atomic E-state index is 0.0909. The summed E-state index contributed by atoms with van der Waals surface area (Å²) in [7, 11) is 0. The number of rotatable bonds is 5. The van der Waals surface area contributed by atoms with Gasteiger partial charge in [-0.25, -0.2) is 4.79 Å². The second-order valence-electron chi connectivity index (χ2n) is 4.15. The van der Waals surface area contributed by atoms with Crippen molar-refractivity contribution in [3.63, 3.8) is 0 Å². The van der Waals surface area contributed by atoms with Gasteiger partial charge in [0.1, 0.15) is 0 Å². The SMILES string of the molecule is O=C1NCCN1CCNCC1CCSC1. The zero-order chi connectivity index (χ0) is 10.5. The third-order valence-corrected chi connectivity index (χ3v) is 4.19. The first-order valence-corrected chi connectivity index (χ1v) is 6.83. The van der Waals surface area contributed by atoms with Crippen LogP contribution in [0.3, 0.4) is 0 Å². The second-order valence-corrected chi connectivity index (χ2v) is 5.30. The number of hydrogen-bond donors (Lipinski definition) is 2. The molecule has 4 nitrogen and oxygen atoms in total. The highest BCUT2D eigenvalue weighted by molar-refractivity contribution is 7.99. The normalized spacial score (nSPS) is 26.0. The minimum absolute atomic E-state index is 0.0909. The predicted octanol–water partition coefficient (Wildman–Crippen LogP) is 0.354. The van der Waals surface area contributed by atoms with E-state index in [4.69, 9.17) is 0 Å². The first-order valence-electron chi connectivity index (χ1n) is 5.67. The molecule has 2 aliphatic heterocycles. The van der Waals surface area contributed by atoms with Crippen LogP contribution in [-0.4, -0.2) is 55.2 Å². The molecular formula is C10H19N3OS. The van der Waals surface area contributed by atoms with Gasteiger partial charge in [-0.2, -0.15) is 11.8 Å². The Morgan fingerprint density at radius 1 is 1.60 bits per heavy atom. The third-order valence-electron chi connectivity index (χ3n) is 2.96. The highest BCUT2D eigenvalue weighted by Gasteiger charge is 2.19. The fourth-order valence-corrected chi connectivity index (χ4v) is 3.27. The van der Waals surface area contributed by atoms with Crippen molar-refractivity contribution in [1.82, 2.24) is 15.5 Å². The Labute approximate surface area is 95.2 Å². The van der Waals surface area contributed by atoms with Crippen molar-refractivity contribution in [3.8, 4) is 0 Å². The van der Waals surface area contributed by atoms with Crippen LogP contribution in [0, 0.1) is 5.92 Å². The molecule has 2 N–H and O–H groups in total.